The summed E-state index contributed by atoms with van der Waals surface area (Å²) in [6, 6.07) is 6.22. The van der Waals surface area contributed by atoms with Gasteiger partial charge in [-0.05, 0) is 68.8 Å². The van der Waals surface area contributed by atoms with Crippen molar-refractivity contribution in [3.63, 3.8) is 0 Å². The first-order chi connectivity index (χ1) is 15.8. The average Bonchev–Trinajstić information content (AvgIpc) is 3.39. The third kappa shape index (κ3) is 4.65. The van der Waals surface area contributed by atoms with Crippen molar-refractivity contribution in [2.75, 3.05) is 19.6 Å². The molecule has 2 aromatic rings. The molecule has 0 spiro atoms. The predicted octanol–water partition coefficient (Wildman–Crippen LogP) is 4.24. The summed E-state index contributed by atoms with van der Waals surface area (Å²) in [5, 5.41) is 3.87. The lowest BCUT2D eigenvalue weighted by Crippen LogP contribution is -2.45. The molecule has 1 saturated carbocycles. The first-order valence-corrected chi connectivity index (χ1v) is 11.7. The molecule has 1 aliphatic carbocycles. The molecule has 0 unspecified atom stereocenters. The molecule has 3 heterocycles. The lowest BCUT2D eigenvalue weighted by molar-refractivity contribution is -0.142. The Morgan fingerprint density at radius 2 is 1.76 bits per heavy atom. The Morgan fingerprint density at radius 1 is 1.06 bits per heavy atom. The molecule has 0 bridgehead atoms. The minimum Gasteiger partial charge on any atom is -0.336 e. The second kappa shape index (κ2) is 8.74. The Kier molecular flexibility index (Phi) is 5.93. The van der Waals surface area contributed by atoms with Crippen LogP contribution in [0.3, 0.4) is 0 Å². The zero-order valence-electron chi connectivity index (χ0n) is 18.5. The number of aromatic nitrogens is 2. The molecule has 2 aliphatic heterocycles. The zero-order valence-corrected chi connectivity index (χ0v) is 18.5. The highest BCUT2D eigenvalue weighted by Gasteiger charge is 2.41. The zero-order chi connectivity index (χ0) is 23.2. The number of alkyl halides is 3. The van der Waals surface area contributed by atoms with Gasteiger partial charge in [0.2, 0.25) is 5.91 Å². The number of fused-ring (bicyclic) bond motifs is 1. The van der Waals surface area contributed by atoms with Crippen molar-refractivity contribution in [3.8, 4) is 0 Å². The molecule has 1 amide bonds. The molecule has 0 N–H and O–H groups in total. The molecule has 5 nitrogen and oxygen atoms in total. The van der Waals surface area contributed by atoms with Crippen LogP contribution in [-0.4, -0.2) is 51.2 Å². The van der Waals surface area contributed by atoms with E-state index >= 15 is 0 Å². The molecule has 5 rings (SSSR count). The molecule has 0 radical (unpaired) electrons. The summed E-state index contributed by atoms with van der Waals surface area (Å²) >= 11 is 0. The van der Waals surface area contributed by atoms with Crippen LogP contribution in [0.25, 0.3) is 0 Å². The quantitative estimate of drug-likeness (QED) is 0.622. The van der Waals surface area contributed by atoms with Crippen molar-refractivity contribution in [2.45, 2.75) is 63.8 Å². The summed E-state index contributed by atoms with van der Waals surface area (Å²) in [6.45, 7) is 2.81. The van der Waals surface area contributed by atoms with E-state index in [9.17, 15) is 22.4 Å². The number of carbonyl (C=O) groups is 1. The van der Waals surface area contributed by atoms with Gasteiger partial charge in [0.15, 0.2) is 5.69 Å². The lowest BCUT2D eigenvalue weighted by Gasteiger charge is -2.41. The number of carbonyl (C=O) groups excluding carboxylic acids is 1. The van der Waals surface area contributed by atoms with Gasteiger partial charge in [-0.25, -0.2) is 4.39 Å². The van der Waals surface area contributed by atoms with Crippen molar-refractivity contribution in [2.24, 2.45) is 5.92 Å². The van der Waals surface area contributed by atoms with Crippen molar-refractivity contribution >= 4 is 5.91 Å². The molecule has 1 aromatic carbocycles. The largest absolute Gasteiger partial charge is 0.435 e. The van der Waals surface area contributed by atoms with E-state index in [0.29, 0.717) is 29.6 Å². The van der Waals surface area contributed by atoms with Crippen LogP contribution in [0.1, 0.15) is 54.6 Å². The summed E-state index contributed by atoms with van der Waals surface area (Å²) in [7, 11) is 0. The lowest BCUT2D eigenvalue weighted by atomic mass is 9.77. The van der Waals surface area contributed by atoms with Gasteiger partial charge in [0.25, 0.3) is 0 Å². The van der Waals surface area contributed by atoms with E-state index in [1.807, 2.05) is 0 Å². The highest BCUT2D eigenvalue weighted by atomic mass is 19.4. The maximum atomic E-state index is 13.6. The van der Waals surface area contributed by atoms with E-state index in [1.54, 1.807) is 4.90 Å². The summed E-state index contributed by atoms with van der Waals surface area (Å²) in [6.07, 6.45) is 0.611. The van der Waals surface area contributed by atoms with E-state index in [2.05, 4.69) is 10.00 Å². The maximum absolute atomic E-state index is 13.6. The number of rotatable bonds is 5. The number of halogens is 4. The van der Waals surface area contributed by atoms with E-state index in [1.165, 1.54) is 41.8 Å². The third-order valence-electron chi connectivity index (χ3n) is 7.34. The van der Waals surface area contributed by atoms with Gasteiger partial charge in [0.1, 0.15) is 5.82 Å². The van der Waals surface area contributed by atoms with Gasteiger partial charge >= 0.3 is 6.18 Å². The van der Waals surface area contributed by atoms with E-state index < -0.39 is 17.7 Å². The maximum Gasteiger partial charge on any atom is 0.435 e. The van der Waals surface area contributed by atoms with Gasteiger partial charge in [-0.2, -0.15) is 18.3 Å². The second-order valence-electron chi connectivity index (χ2n) is 9.56. The monoisotopic (exact) mass is 464 g/mol. The predicted molar refractivity (Wildman–Crippen MR) is 114 cm³/mol. The van der Waals surface area contributed by atoms with E-state index in [4.69, 9.17) is 0 Å². The van der Waals surface area contributed by atoms with Crippen LogP contribution >= 0.6 is 0 Å². The molecule has 2 fully saturated rings. The molecular formula is C24H28F4N4O. The first kappa shape index (κ1) is 22.4. The molecule has 1 aromatic heterocycles. The van der Waals surface area contributed by atoms with E-state index in [0.717, 1.165) is 25.9 Å². The Bertz CT molecular complexity index is 1000. The first-order valence-electron chi connectivity index (χ1n) is 11.7. The summed E-state index contributed by atoms with van der Waals surface area (Å²) in [5.74, 6) is -0.0371. The van der Waals surface area contributed by atoms with Crippen LogP contribution in [-0.2, 0) is 30.5 Å². The Balaban J connectivity index is 1.28. The minimum atomic E-state index is -4.55. The van der Waals surface area contributed by atoms with Crippen LogP contribution in [0, 0.1) is 11.7 Å². The van der Waals surface area contributed by atoms with Gasteiger partial charge < -0.3 is 9.80 Å². The minimum absolute atomic E-state index is 0.00797. The van der Waals surface area contributed by atoms with Crippen molar-refractivity contribution in [1.82, 2.24) is 19.6 Å². The highest BCUT2D eigenvalue weighted by Crippen LogP contribution is 2.38. The summed E-state index contributed by atoms with van der Waals surface area (Å²) < 4.78 is 55.4. The fourth-order valence-corrected chi connectivity index (χ4v) is 5.46. The fraction of sp³-hybridized carbons (Fsp3) is 0.583. The third-order valence-corrected chi connectivity index (χ3v) is 7.34. The molecule has 178 valence electrons. The molecule has 33 heavy (non-hydrogen) atoms. The average molecular weight is 465 g/mol. The van der Waals surface area contributed by atoms with Gasteiger partial charge in [0.05, 0.1) is 18.8 Å². The Hall–Kier alpha value is -2.42. The van der Waals surface area contributed by atoms with Crippen LogP contribution in [0.5, 0.6) is 0 Å². The number of hydrogen-bond donors (Lipinski definition) is 0. The molecule has 3 aliphatic rings. The van der Waals surface area contributed by atoms with Gasteiger partial charge in [0, 0.05) is 24.6 Å². The molecule has 0 atom stereocenters. The number of benzene rings is 1. The summed E-state index contributed by atoms with van der Waals surface area (Å²) in [5.41, 5.74) is 0.377. The molecular weight excluding hydrogens is 436 g/mol. The summed E-state index contributed by atoms with van der Waals surface area (Å²) in [4.78, 5) is 17.2. The van der Waals surface area contributed by atoms with Gasteiger partial charge in [-0.3, -0.25) is 9.48 Å². The van der Waals surface area contributed by atoms with Crippen molar-refractivity contribution < 1.29 is 22.4 Å². The fourth-order valence-electron chi connectivity index (χ4n) is 5.46. The molecule has 9 heteroatoms. The standard InChI is InChI=1S/C24H28F4N4O/c25-18-5-3-16(4-6-18)14-32-21-15-31(10-7-20(21)23(29-32)24(26,27)28)22(33)13-17-11-19(12-17)30-8-1-2-9-30/h3-6,17,19H,1-2,7-15H2. The SMILES string of the molecule is O=C(CC1CC(N2CCCC2)C1)N1CCc2c(C(F)(F)F)nn(Cc3ccc(F)cc3)c2C1. The van der Waals surface area contributed by atoms with Gasteiger partial charge in [-0.15, -0.1) is 0 Å². The normalized spacial score (nSPS) is 23.5. The van der Waals surface area contributed by atoms with Crippen molar-refractivity contribution in [1.29, 1.82) is 0 Å². The molecule has 1 saturated heterocycles. The van der Waals surface area contributed by atoms with Crippen LogP contribution in [0.15, 0.2) is 24.3 Å². The van der Waals surface area contributed by atoms with Crippen LogP contribution in [0.4, 0.5) is 17.6 Å². The Labute approximate surface area is 190 Å². The highest BCUT2D eigenvalue weighted by molar-refractivity contribution is 5.77. The number of nitrogens with zero attached hydrogens (tertiary/aromatic N) is 4. The Morgan fingerprint density at radius 3 is 2.42 bits per heavy atom. The number of amides is 1. The topological polar surface area (TPSA) is 41.4 Å². The number of hydrogen-bond acceptors (Lipinski definition) is 3. The smallest absolute Gasteiger partial charge is 0.336 e. The van der Waals surface area contributed by atoms with Crippen molar-refractivity contribution in [3.05, 3.63) is 52.6 Å². The van der Waals surface area contributed by atoms with Gasteiger partial charge in [-0.1, -0.05) is 12.1 Å². The van der Waals surface area contributed by atoms with Crippen LogP contribution < -0.4 is 0 Å². The van der Waals surface area contributed by atoms with E-state index in [-0.39, 0.29) is 37.5 Å². The van der Waals surface area contributed by atoms with Crippen LogP contribution in [0.2, 0.25) is 0 Å². The second-order valence-corrected chi connectivity index (χ2v) is 9.56. The number of likely N-dealkylation sites (tertiary alicyclic amines) is 1.